The largest absolute Gasteiger partial charge is 0.237 e. The second-order valence-electron chi connectivity index (χ2n) is 4.45. The van der Waals surface area contributed by atoms with Crippen molar-refractivity contribution < 1.29 is 0 Å². The van der Waals surface area contributed by atoms with Crippen LogP contribution >= 0.6 is 15.9 Å². The maximum absolute atomic E-state index is 4.44. The lowest BCUT2D eigenvalue weighted by Crippen LogP contribution is -2.07. The molecule has 0 bridgehead atoms. The third-order valence-electron chi connectivity index (χ3n) is 2.70. The number of hydrogen-bond acceptors (Lipinski definition) is 2. The number of rotatable bonds is 3. The van der Waals surface area contributed by atoms with Crippen LogP contribution in [0.15, 0.2) is 24.5 Å². The van der Waals surface area contributed by atoms with Crippen LogP contribution in [-0.2, 0) is 5.33 Å². The van der Waals surface area contributed by atoms with Gasteiger partial charge in [0.1, 0.15) is 0 Å². The Bertz CT molecular complexity index is 517. The second kappa shape index (κ2) is 5.00. The van der Waals surface area contributed by atoms with E-state index in [2.05, 4.69) is 52.9 Å². The Morgan fingerprint density at radius 3 is 2.76 bits per heavy atom. The lowest BCUT2D eigenvalue weighted by atomic mass is 10.1. The predicted molar refractivity (Wildman–Crippen MR) is 72.8 cm³/mol. The average Bonchev–Trinajstić information content (AvgIpc) is 2.72. The molecule has 0 N–H and O–H groups in total. The van der Waals surface area contributed by atoms with Crippen molar-refractivity contribution in [3.8, 4) is 5.82 Å². The Labute approximate surface area is 110 Å². The molecule has 4 heteroatoms. The smallest absolute Gasteiger partial charge is 0.153 e. The van der Waals surface area contributed by atoms with Gasteiger partial charge in [0, 0.05) is 17.1 Å². The summed E-state index contributed by atoms with van der Waals surface area (Å²) in [6.45, 7) is 6.42. The first-order valence-electron chi connectivity index (χ1n) is 5.69. The van der Waals surface area contributed by atoms with E-state index in [0.29, 0.717) is 5.92 Å². The van der Waals surface area contributed by atoms with Crippen LogP contribution in [0.1, 0.15) is 36.6 Å². The molecule has 0 saturated carbocycles. The number of aryl methyl sites for hydroxylation is 1. The van der Waals surface area contributed by atoms with E-state index in [1.165, 1.54) is 16.8 Å². The monoisotopic (exact) mass is 293 g/mol. The van der Waals surface area contributed by atoms with Crippen molar-refractivity contribution in [1.29, 1.82) is 0 Å². The van der Waals surface area contributed by atoms with Crippen molar-refractivity contribution in [1.82, 2.24) is 14.8 Å². The summed E-state index contributed by atoms with van der Waals surface area (Å²) < 4.78 is 1.94. The molecule has 2 aromatic rings. The number of pyridine rings is 1. The van der Waals surface area contributed by atoms with Gasteiger partial charge in [-0.2, -0.15) is 5.10 Å². The summed E-state index contributed by atoms with van der Waals surface area (Å²) in [5.74, 6) is 1.31. The van der Waals surface area contributed by atoms with Crippen molar-refractivity contribution in [3.63, 3.8) is 0 Å². The van der Waals surface area contributed by atoms with Gasteiger partial charge in [-0.3, -0.25) is 0 Å². The lowest BCUT2D eigenvalue weighted by molar-refractivity contribution is 0.716. The molecule has 0 aromatic carbocycles. The minimum Gasteiger partial charge on any atom is -0.237 e. The molecule has 90 valence electrons. The van der Waals surface area contributed by atoms with Crippen LogP contribution in [0.5, 0.6) is 0 Å². The van der Waals surface area contributed by atoms with Gasteiger partial charge in [-0.25, -0.2) is 9.67 Å². The molecular formula is C13H16BrN3. The summed E-state index contributed by atoms with van der Waals surface area (Å²) in [6, 6.07) is 4.05. The predicted octanol–water partition coefficient (Wildman–Crippen LogP) is 3.59. The molecule has 0 spiro atoms. The number of alkyl halides is 1. The van der Waals surface area contributed by atoms with E-state index in [-0.39, 0.29) is 0 Å². The first-order valence-corrected chi connectivity index (χ1v) is 6.81. The SMILES string of the molecule is Cc1ccnc(-n2ncc(CBr)c2C(C)C)c1. The topological polar surface area (TPSA) is 30.7 Å². The summed E-state index contributed by atoms with van der Waals surface area (Å²) >= 11 is 3.50. The quantitative estimate of drug-likeness (QED) is 0.810. The van der Waals surface area contributed by atoms with Crippen LogP contribution in [0, 0.1) is 6.92 Å². The molecule has 2 heterocycles. The van der Waals surface area contributed by atoms with Gasteiger partial charge in [-0.15, -0.1) is 0 Å². The summed E-state index contributed by atoms with van der Waals surface area (Å²) in [5.41, 5.74) is 3.64. The van der Waals surface area contributed by atoms with Crippen molar-refractivity contribution in [2.75, 3.05) is 0 Å². The first kappa shape index (κ1) is 12.3. The number of halogens is 1. The molecule has 0 unspecified atom stereocenters. The van der Waals surface area contributed by atoms with Crippen LogP contribution in [0.4, 0.5) is 0 Å². The number of nitrogens with zero attached hydrogens (tertiary/aromatic N) is 3. The lowest BCUT2D eigenvalue weighted by Gasteiger charge is -2.11. The van der Waals surface area contributed by atoms with Crippen molar-refractivity contribution in [2.45, 2.75) is 32.0 Å². The van der Waals surface area contributed by atoms with Crippen molar-refractivity contribution in [2.24, 2.45) is 0 Å². The maximum Gasteiger partial charge on any atom is 0.153 e. The maximum atomic E-state index is 4.44. The molecule has 0 amide bonds. The highest BCUT2D eigenvalue weighted by atomic mass is 79.9. The van der Waals surface area contributed by atoms with E-state index in [1.54, 1.807) is 0 Å². The van der Waals surface area contributed by atoms with Gasteiger partial charge < -0.3 is 0 Å². The fraction of sp³-hybridized carbons (Fsp3) is 0.385. The average molecular weight is 294 g/mol. The van der Waals surface area contributed by atoms with Gasteiger partial charge in [-0.1, -0.05) is 29.8 Å². The van der Waals surface area contributed by atoms with Gasteiger partial charge in [0.05, 0.1) is 11.9 Å². The first-order chi connectivity index (χ1) is 8.13. The van der Waals surface area contributed by atoms with Crippen molar-refractivity contribution >= 4 is 15.9 Å². The fourth-order valence-corrected chi connectivity index (χ4v) is 2.36. The standard InChI is InChI=1S/C13H16BrN3/c1-9(2)13-11(7-14)8-16-17(13)12-6-10(3)4-5-15-12/h4-6,8-9H,7H2,1-3H3. The Hall–Kier alpha value is -1.16. The molecule has 2 rings (SSSR count). The summed E-state index contributed by atoms with van der Waals surface area (Å²) in [7, 11) is 0. The van der Waals surface area contributed by atoms with Crippen LogP contribution in [-0.4, -0.2) is 14.8 Å². The Balaban J connectivity index is 2.56. The molecule has 0 aliphatic heterocycles. The molecule has 2 aromatic heterocycles. The molecule has 0 aliphatic carbocycles. The molecule has 0 fully saturated rings. The van der Waals surface area contributed by atoms with Crippen LogP contribution in [0.25, 0.3) is 5.82 Å². The zero-order chi connectivity index (χ0) is 12.4. The molecule has 17 heavy (non-hydrogen) atoms. The van der Waals surface area contributed by atoms with E-state index in [1.807, 2.05) is 23.1 Å². The van der Waals surface area contributed by atoms with Gasteiger partial charge in [0.25, 0.3) is 0 Å². The Morgan fingerprint density at radius 2 is 2.18 bits per heavy atom. The molecule has 0 atom stereocenters. The third kappa shape index (κ3) is 2.41. The highest BCUT2D eigenvalue weighted by Gasteiger charge is 2.15. The van der Waals surface area contributed by atoms with Gasteiger partial charge in [0.2, 0.25) is 0 Å². The van der Waals surface area contributed by atoms with E-state index in [9.17, 15) is 0 Å². The molecule has 0 aliphatic rings. The highest BCUT2D eigenvalue weighted by molar-refractivity contribution is 9.08. The number of aromatic nitrogens is 3. The normalized spacial score (nSPS) is 11.1. The van der Waals surface area contributed by atoms with Crippen molar-refractivity contribution in [3.05, 3.63) is 41.3 Å². The van der Waals surface area contributed by atoms with Gasteiger partial charge in [0.15, 0.2) is 5.82 Å². The molecule has 0 saturated heterocycles. The minimum atomic E-state index is 0.423. The molecular weight excluding hydrogens is 278 g/mol. The van der Waals surface area contributed by atoms with Crippen LogP contribution in [0.3, 0.4) is 0 Å². The zero-order valence-corrected chi connectivity index (χ0v) is 11.9. The highest BCUT2D eigenvalue weighted by Crippen LogP contribution is 2.23. The van der Waals surface area contributed by atoms with E-state index < -0.39 is 0 Å². The molecule has 0 radical (unpaired) electrons. The number of hydrogen-bond donors (Lipinski definition) is 0. The molecule has 3 nitrogen and oxygen atoms in total. The fourth-order valence-electron chi connectivity index (χ4n) is 1.93. The van der Waals surface area contributed by atoms with E-state index in [4.69, 9.17) is 0 Å². The van der Waals surface area contributed by atoms with Gasteiger partial charge in [-0.05, 0) is 30.5 Å². The van der Waals surface area contributed by atoms with E-state index >= 15 is 0 Å². The second-order valence-corrected chi connectivity index (χ2v) is 5.01. The van der Waals surface area contributed by atoms with Gasteiger partial charge >= 0.3 is 0 Å². The zero-order valence-electron chi connectivity index (χ0n) is 10.3. The van der Waals surface area contributed by atoms with Crippen LogP contribution < -0.4 is 0 Å². The summed E-state index contributed by atoms with van der Waals surface area (Å²) in [4.78, 5) is 4.39. The Morgan fingerprint density at radius 1 is 1.41 bits per heavy atom. The summed E-state index contributed by atoms with van der Waals surface area (Å²) in [6.07, 6.45) is 3.73. The third-order valence-corrected chi connectivity index (χ3v) is 3.30. The van der Waals surface area contributed by atoms with E-state index in [0.717, 1.165) is 11.1 Å². The summed E-state index contributed by atoms with van der Waals surface area (Å²) in [5, 5.41) is 5.27. The van der Waals surface area contributed by atoms with Crippen LogP contribution in [0.2, 0.25) is 0 Å². The Kier molecular flexibility index (Phi) is 3.62. The minimum absolute atomic E-state index is 0.423.